The van der Waals surface area contributed by atoms with Gasteiger partial charge < -0.3 is 9.64 Å². The van der Waals surface area contributed by atoms with Crippen molar-refractivity contribution in [1.29, 1.82) is 0 Å². The van der Waals surface area contributed by atoms with E-state index in [1.54, 1.807) is 15.3 Å². The summed E-state index contributed by atoms with van der Waals surface area (Å²) < 4.78 is 7.53. The molecule has 1 aliphatic heterocycles. The van der Waals surface area contributed by atoms with Crippen molar-refractivity contribution >= 4 is 58.8 Å². The van der Waals surface area contributed by atoms with Crippen LogP contribution in [0.3, 0.4) is 0 Å². The Balaban J connectivity index is 1.82. The molecule has 0 amide bonds. The third-order valence-corrected chi connectivity index (χ3v) is 6.12. The Labute approximate surface area is 166 Å². The lowest BCUT2D eigenvalue weighted by Crippen LogP contribution is -2.44. The van der Waals surface area contributed by atoms with E-state index in [0.717, 1.165) is 29.0 Å². The second kappa shape index (κ2) is 7.26. The molecule has 0 radical (unpaired) electrons. The predicted octanol–water partition coefficient (Wildman–Crippen LogP) is 4.22. The van der Waals surface area contributed by atoms with E-state index < -0.39 is 0 Å². The van der Waals surface area contributed by atoms with E-state index >= 15 is 0 Å². The van der Waals surface area contributed by atoms with Crippen LogP contribution in [0, 0.1) is 0 Å². The number of pyridine rings is 1. The molecule has 0 bridgehead atoms. The molecule has 6 nitrogen and oxygen atoms in total. The zero-order chi connectivity index (χ0) is 17.4. The summed E-state index contributed by atoms with van der Waals surface area (Å²) in [4.78, 5) is 15.9. The number of nitrogens with zero attached hydrogens (tertiary/aromatic N) is 5. The monoisotopic (exact) mass is 487 g/mol. The molecule has 1 atom stereocenters. The lowest BCUT2D eigenvalue weighted by molar-refractivity contribution is 0.0985. The summed E-state index contributed by atoms with van der Waals surface area (Å²) in [6.07, 6.45) is 3.77. The largest absolute Gasteiger partial charge is 0.377 e. The Morgan fingerprint density at radius 2 is 2.24 bits per heavy atom. The number of aromatic nitrogens is 4. The average Bonchev–Trinajstić information content (AvgIpc) is 3.04. The Hall–Kier alpha value is -1.10. The summed E-state index contributed by atoms with van der Waals surface area (Å²) >= 11 is 8.55. The molecular formula is C16H15ClIN5OS. The topological polar surface area (TPSA) is 56.1 Å². The number of hydrogen-bond acceptors (Lipinski definition) is 6. The van der Waals surface area contributed by atoms with Crippen LogP contribution in [-0.2, 0) is 4.74 Å². The number of fused-ring (bicyclic) bond motifs is 1. The molecule has 25 heavy (non-hydrogen) atoms. The maximum absolute atomic E-state index is 6.32. The smallest absolute Gasteiger partial charge is 0.163 e. The van der Waals surface area contributed by atoms with Gasteiger partial charge in [-0.1, -0.05) is 11.6 Å². The number of ether oxygens (including phenoxy) is 1. The van der Waals surface area contributed by atoms with Gasteiger partial charge in [-0.3, -0.25) is 3.97 Å². The first-order valence-electron chi connectivity index (χ1n) is 7.82. The van der Waals surface area contributed by atoms with Crippen LogP contribution in [0.2, 0.25) is 5.15 Å². The highest BCUT2D eigenvalue weighted by molar-refractivity contribution is 14.2. The van der Waals surface area contributed by atoms with Crippen LogP contribution in [0.5, 0.6) is 0 Å². The van der Waals surface area contributed by atoms with E-state index in [9.17, 15) is 0 Å². The van der Waals surface area contributed by atoms with Gasteiger partial charge in [0.25, 0.3) is 0 Å². The minimum absolute atomic E-state index is 0.251. The van der Waals surface area contributed by atoms with Gasteiger partial charge in [0, 0.05) is 66.3 Å². The van der Waals surface area contributed by atoms with E-state index in [2.05, 4.69) is 43.0 Å². The number of rotatable bonds is 3. The fourth-order valence-electron chi connectivity index (χ4n) is 3.01. The Kier molecular flexibility index (Phi) is 5.03. The molecule has 0 spiro atoms. The number of anilines is 1. The molecular weight excluding hydrogens is 473 g/mol. The fourth-order valence-corrected chi connectivity index (χ4v) is 4.46. The molecule has 0 N–H and O–H groups in total. The maximum atomic E-state index is 6.32. The number of morpholine rings is 1. The van der Waals surface area contributed by atoms with Crippen molar-refractivity contribution in [2.45, 2.75) is 13.0 Å². The van der Waals surface area contributed by atoms with Crippen molar-refractivity contribution in [3.8, 4) is 11.4 Å². The standard InChI is InChI=1S/C16H15ClIN5OS/c1-10-9-24-7-6-22(10)14-8-13(17)20-15(21-14)11-2-4-19-16-12(11)3-5-23(16)25-18/h2-5,8,10H,6-7,9H2,1H3. The second-order valence-electron chi connectivity index (χ2n) is 5.80. The summed E-state index contributed by atoms with van der Waals surface area (Å²) in [6.45, 7) is 4.29. The summed E-state index contributed by atoms with van der Waals surface area (Å²) in [6, 6.07) is 6.03. The highest BCUT2D eigenvalue weighted by atomic mass is 127. The summed E-state index contributed by atoms with van der Waals surface area (Å²) in [5.74, 6) is 1.45. The molecule has 1 fully saturated rings. The van der Waals surface area contributed by atoms with E-state index in [1.165, 1.54) is 0 Å². The lowest BCUT2D eigenvalue weighted by Gasteiger charge is -2.34. The van der Waals surface area contributed by atoms with Crippen LogP contribution in [0.4, 0.5) is 5.82 Å². The first-order valence-corrected chi connectivity index (χ1v) is 11.5. The minimum atomic E-state index is 0.251. The molecule has 3 aromatic heterocycles. The van der Waals surface area contributed by atoms with Crippen LogP contribution in [-0.4, -0.2) is 44.7 Å². The van der Waals surface area contributed by atoms with Gasteiger partial charge in [-0.05, 0) is 19.1 Å². The van der Waals surface area contributed by atoms with Gasteiger partial charge in [-0.2, -0.15) is 0 Å². The van der Waals surface area contributed by atoms with Crippen molar-refractivity contribution < 1.29 is 4.74 Å². The molecule has 0 aromatic carbocycles. The van der Waals surface area contributed by atoms with E-state index in [0.29, 0.717) is 24.2 Å². The van der Waals surface area contributed by atoms with Crippen LogP contribution in [0.1, 0.15) is 6.92 Å². The minimum Gasteiger partial charge on any atom is -0.377 e. The van der Waals surface area contributed by atoms with Crippen LogP contribution in [0.25, 0.3) is 22.4 Å². The molecule has 0 aliphatic carbocycles. The SMILES string of the molecule is CC1COCCN1c1cc(Cl)nc(-c2ccnc3c2ccn3SI)n1. The molecule has 9 heteroatoms. The Bertz CT molecular complexity index is 921. The zero-order valence-corrected chi connectivity index (χ0v) is 17.1. The molecule has 1 saturated heterocycles. The van der Waals surface area contributed by atoms with E-state index in [1.807, 2.05) is 28.4 Å². The van der Waals surface area contributed by atoms with Crippen LogP contribution >= 0.6 is 41.9 Å². The highest BCUT2D eigenvalue weighted by Crippen LogP contribution is 2.31. The summed E-state index contributed by atoms with van der Waals surface area (Å²) in [7, 11) is 1.57. The summed E-state index contributed by atoms with van der Waals surface area (Å²) in [5.41, 5.74) is 1.82. The van der Waals surface area contributed by atoms with Gasteiger partial charge in [0.15, 0.2) is 11.5 Å². The zero-order valence-electron chi connectivity index (χ0n) is 13.4. The molecule has 1 aliphatic rings. The normalized spacial score (nSPS) is 18.0. The van der Waals surface area contributed by atoms with Gasteiger partial charge >= 0.3 is 0 Å². The van der Waals surface area contributed by atoms with Crippen molar-refractivity contribution in [2.75, 3.05) is 24.7 Å². The van der Waals surface area contributed by atoms with Gasteiger partial charge in [0.2, 0.25) is 0 Å². The Morgan fingerprint density at radius 1 is 1.36 bits per heavy atom. The van der Waals surface area contributed by atoms with Crippen molar-refractivity contribution in [3.63, 3.8) is 0 Å². The van der Waals surface area contributed by atoms with Gasteiger partial charge in [-0.25, -0.2) is 15.0 Å². The van der Waals surface area contributed by atoms with Gasteiger partial charge in [-0.15, -0.1) is 0 Å². The second-order valence-corrected chi connectivity index (χ2v) is 7.90. The predicted molar refractivity (Wildman–Crippen MR) is 110 cm³/mol. The highest BCUT2D eigenvalue weighted by Gasteiger charge is 2.22. The molecule has 0 saturated carbocycles. The van der Waals surface area contributed by atoms with Gasteiger partial charge in [0.1, 0.15) is 11.0 Å². The first kappa shape index (κ1) is 17.3. The van der Waals surface area contributed by atoms with E-state index in [-0.39, 0.29) is 6.04 Å². The Morgan fingerprint density at radius 3 is 3.04 bits per heavy atom. The first-order chi connectivity index (χ1) is 12.2. The van der Waals surface area contributed by atoms with E-state index in [4.69, 9.17) is 21.3 Å². The third kappa shape index (κ3) is 3.32. The van der Waals surface area contributed by atoms with Crippen LogP contribution < -0.4 is 4.90 Å². The van der Waals surface area contributed by atoms with Crippen molar-refractivity contribution in [1.82, 2.24) is 18.9 Å². The number of halogens is 2. The molecule has 3 aromatic rings. The average molecular weight is 488 g/mol. The van der Waals surface area contributed by atoms with Gasteiger partial charge in [0.05, 0.1) is 19.3 Å². The maximum Gasteiger partial charge on any atom is 0.163 e. The molecule has 130 valence electrons. The summed E-state index contributed by atoms with van der Waals surface area (Å²) in [5, 5.41) is 1.45. The molecule has 1 unspecified atom stereocenters. The number of hydrogen-bond donors (Lipinski definition) is 0. The van der Waals surface area contributed by atoms with Crippen molar-refractivity contribution in [2.24, 2.45) is 0 Å². The lowest BCUT2D eigenvalue weighted by atomic mass is 10.1. The van der Waals surface area contributed by atoms with Crippen LogP contribution in [0.15, 0.2) is 30.6 Å². The molecule has 4 rings (SSSR count). The molecule has 4 heterocycles. The third-order valence-electron chi connectivity index (χ3n) is 4.21. The van der Waals surface area contributed by atoms with Crippen molar-refractivity contribution in [3.05, 3.63) is 35.7 Å². The quantitative estimate of drug-likeness (QED) is 0.407. The fraction of sp³-hybridized carbons (Fsp3) is 0.312.